The van der Waals surface area contributed by atoms with Crippen molar-refractivity contribution in [3.05, 3.63) is 80.6 Å². The number of aromatic nitrogens is 2. The number of hydrazone groups is 1. The first-order valence-electron chi connectivity index (χ1n) is 8.46. The molecule has 0 atom stereocenters. The molecule has 3 rings (SSSR count). The average Bonchev–Trinajstić information content (AvgIpc) is 2.92. The van der Waals surface area contributed by atoms with Gasteiger partial charge in [-0.3, -0.25) is 9.48 Å². The predicted molar refractivity (Wildman–Crippen MR) is 110 cm³/mol. The molecule has 0 radical (unpaired) electrons. The van der Waals surface area contributed by atoms with E-state index in [-0.39, 0.29) is 5.75 Å². The standard InChI is InChI=1S/C20H18Cl2N4O2/c1-12-16(10-23-24-20(28)14-5-3-6-15(27)9-14)13(2)26(25-12)11-17-18(21)7-4-8-19(17)22/h3-10,27H,11H2,1-2H3,(H,24,28)/b23-10-. The Morgan fingerprint density at radius 2 is 1.89 bits per heavy atom. The number of nitrogens with one attached hydrogen (secondary N) is 1. The highest BCUT2D eigenvalue weighted by Crippen LogP contribution is 2.26. The molecule has 0 bridgehead atoms. The van der Waals surface area contributed by atoms with Crippen molar-refractivity contribution in [3.63, 3.8) is 0 Å². The van der Waals surface area contributed by atoms with Crippen LogP contribution >= 0.6 is 23.2 Å². The quantitative estimate of drug-likeness (QED) is 0.479. The molecule has 2 aromatic carbocycles. The van der Waals surface area contributed by atoms with Crippen molar-refractivity contribution in [1.82, 2.24) is 15.2 Å². The number of benzene rings is 2. The molecule has 1 heterocycles. The van der Waals surface area contributed by atoms with E-state index in [9.17, 15) is 9.90 Å². The van der Waals surface area contributed by atoms with E-state index < -0.39 is 5.91 Å². The van der Waals surface area contributed by atoms with Crippen molar-refractivity contribution in [1.29, 1.82) is 0 Å². The number of halogens is 2. The molecule has 0 aliphatic heterocycles. The van der Waals surface area contributed by atoms with Crippen molar-refractivity contribution in [2.75, 3.05) is 0 Å². The van der Waals surface area contributed by atoms with Gasteiger partial charge >= 0.3 is 0 Å². The molecule has 1 amide bonds. The van der Waals surface area contributed by atoms with Gasteiger partial charge in [-0.2, -0.15) is 10.2 Å². The summed E-state index contributed by atoms with van der Waals surface area (Å²) in [6.07, 6.45) is 1.54. The summed E-state index contributed by atoms with van der Waals surface area (Å²) in [5, 5.41) is 19.1. The number of carbonyl (C=O) groups excluding carboxylic acids is 1. The molecular weight excluding hydrogens is 399 g/mol. The Morgan fingerprint density at radius 3 is 2.57 bits per heavy atom. The van der Waals surface area contributed by atoms with Gasteiger partial charge < -0.3 is 5.11 Å². The molecule has 144 valence electrons. The summed E-state index contributed by atoms with van der Waals surface area (Å²) in [6.45, 7) is 4.19. The van der Waals surface area contributed by atoms with E-state index in [0.717, 1.165) is 22.5 Å². The lowest BCUT2D eigenvalue weighted by molar-refractivity contribution is 0.0954. The van der Waals surface area contributed by atoms with Crippen LogP contribution in [-0.4, -0.2) is 27.0 Å². The van der Waals surface area contributed by atoms with Crippen LogP contribution in [0.3, 0.4) is 0 Å². The second kappa shape index (κ2) is 8.46. The molecule has 0 aliphatic rings. The van der Waals surface area contributed by atoms with E-state index in [0.29, 0.717) is 22.2 Å². The maximum absolute atomic E-state index is 12.1. The van der Waals surface area contributed by atoms with E-state index >= 15 is 0 Å². The molecule has 0 saturated heterocycles. The number of phenols is 1. The van der Waals surface area contributed by atoms with E-state index in [4.69, 9.17) is 23.2 Å². The molecule has 1 aromatic heterocycles. The number of hydrogen-bond acceptors (Lipinski definition) is 4. The molecule has 0 aliphatic carbocycles. The van der Waals surface area contributed by atoms with Crippen LogP contribution in [-0.2, 0) is 6.54 Å². The molecule has 0 unspecified atom stereocenters. The molecule has 3 aromatic rings. The normalized spacial score (nSPS) is 11.1. The summed E-state index contributed by atoms with van der Waals surface area (Å²) < 4.78 is 1.79. The van der Waals surface area contributed by atoms with Crippen LogP contribution in [0.2, 0.25) is 10.0 Å². The topological polar surface area (TPSA) is 79.5 Å². The highest BCUT2D eigenvalue weighted by molar-refractivity contribution is 6.35. The fraction of sp³-hybridized carbons (Fsp3) is 0.150. The second-order valence-electron chi connectivity index (χ2n) is 6.19. The fourth-order valence-corrected chi connectivity index (χ4v) is 3.27. The summed E-state index contributed by atoms with van der Waals surface area (Å²) in [5.41, 5.74) is 5.97. The lowest BCUT2D eigenvalue weighted by Gasteiger charge is -2.08. The van der Waals surface area contributed by atoms with Gasteiger partial charge in [0.25, 0.3) is 5.91 Å². The number of hydrogen-bond donors (Lipinski definition) is 2. The van der Waals surface area contributed by atoms with E-state index in [1.54, 1.807) is 41.2 Å². The first kappa shape index (κ1) is 19.9. The van der Waals surface area contributed by atoms with Crippen molar-refractivity contribution in [2.24, 2.45) is 5.10 Å². The zero-order valence-corrected chi connectivity index (χ0v) is 16.8. The maximum atomic E-state index is 12.1. The number of aromatic hydroxyl groups is 1. The van der Waals surface area contributed by atoms with Crippen molar-refractivity contribution >= 4 is 35.3 Å². The SMILES string of the molecule is Cc1nn(Cc2c(Cl)cccc2Cl)c(C)c1/C=N\NC(=O)c1cccc(O)c1. The lowest BCUT2D eigenvalue weighted by atomic mass is 10.2. The monoisotopic (exact) mass is 416 g/mol. The Morgan fingerprint density at radius 1 is 1.21 bits per heavy atom. The third kappa shape index (κ3) is 4.35. The average molecular weight is 417 g/mol. The summed E-state index contributed by atoms with van der Waals surface area (Å²) in [6, 6.07) is 11.4. The zero-order chi connectivity index (χ0) is 20.3. The first-order valence-corrected chi connectivity index (χ1v) is 9.21. The van der Waals surface area contributed by atoms with Gasteiger partial charge in [-0.05, 0) is 44.2 Å². The van der Waals surface area contributed by atoms with Crippen LogP contribution in [0.25, 0.3) is 0 Å². The van der Waals surface area contributed by atoms with Gasteiger partial charge in [0, 0.05) is 32.4 Å². The summed E-state index contributed by atoms with van der Waals surface area (Å²) in [7, 11) is 0. The Labute approximate surface area is 172 Å². The minimum Gasteiger partial charge on any atom is -0.508 e. The van der Waals surface area contributed by atoms with Gasteiger partial charge in [0.05, 0.1) is 18.5 Å². The van der Waals surface area contributed by atoms with Crippen LogP contribution in [0.5, 0.6) is 5.75 Å². The van der Waals surface area contributed by atoms with E-state index in [2.05, 4.69) is 15.6 Å². The van der Waals surface area contributed by atoms with Crippen LogP contribution < -0.4 is 5.43 Å². The predicted octanol–water partition coefficient (Wildman–Crippen LogP) is 4.32. The Balaban J connectivity index is 1.76. The van der Waals surface area contributed by atoms with E-state index in [1.807, 2.05) is 13.8 Å². The third-order valence-electron chi connectivity index (χ3n) is 4.28. The number of rotatable bonds is 5. The largest absolute Gasteiger partial charge is 0.508 e. The minimum absolute atomic E-state index is 0.0165. The van der Waals surface area contributed by atoms with Crippen LogP contribution in [0.15, 0.2) is 47.6 Å². The van der Waals surface area contributed by atoms with Crippen molar-refractivity contribution < 1.29 is 9.90 Å². The number of carbonyl (C=O) groups is 1. The molecular formula is C20H18Cl2N4O2. The molecule has 0 spiro atoms. The van der Waals surface area contributed by atoms with Crippen LogP contribution in [0.1, 0.15) is 32.9 Å². The Kier molecular flexibility index (Phi) is 6.02. The lowest BCUT2D eigenvalue weighted by Crippen LogP contribution is -2.17. The third-order valence-corrected chi connectivity index (χ3v) is 4.98. The smallest absolute Gasteiger partial charge is 0.271 e. The Hall–Kier alpha value is -2.83. The zero-order valence-electron chi connectivity index (χ0n) is 15.3. The first-order chi connectivity index (χ1) is 13.4. The Bertz CT molecular complexity index is 1040. The summed E-state index contributed by atoms with van der Waals surface area (Å²) in [4.78, 5) is 12.1. The van der Waals surface area contributed by atoms with Gasteiger partial charge in [0.15, 0.2) is 0 Å². The van der Waals surface area contributed by atoms with Gasteiger partial charge in [-0.15, -0.1) is 0 Å². The van der Waals surface area contributed by atoms with Gasteiger partial charge in [-0.1, -0.05) is 35.3 Å². The molecule has 8 heteroatoms. The second-order valence-corrected chi connectivity index (χ2v) is 7.01. The summed E-state index contributed by atoms with van der Waals surface area (Å²) in [5.74, 6) is -0.402. The molecule has 0 saturated carbocycles. The molecule has 2 N–H and O–H groups in total. The minimum atomic E-state index is -0.419. The van der Waals surface area contributed by atoms with Crippen molar-refractivity contribution in [3.8, 4) is 5.75 Å². The van der Waals surface area contributed by atoms with Crippen LogP contribution in [0, 0.1) is 13.8 Å². The number of aryl methyl sites for hydroxylation is 1. The number of phenolic OH excluding ortho intramolecular Hbond substituents is 1. The molecule has 6 nitrogen and oxygen atoms in total. The van der Waals surface area contributed by atoms with Gasteiger partial charge in [0.1, 0.15) is 5.75 Å². The highest BCUT2D eigenvalue weighted by Gasteiger charge is 2.13. The summed E-state index contributed by atoms with van der Waals surface area (Å²) >= 11 is 12.5. The highest BCUT2D eigenvalue weighted by atomic mass is 35.5. The molecule has 28 heavy (non-hydrogen) atoms. The number of nitrogens with zero attached hydrogens (tertiary/aromatic N) is 3. The van der Waals surface area contributed by atoms with Gasteiger partial charge in [-0.25, -0.2) is 5.43 Å². The molecule has 0 fully saturated rings. The van der Waals surface area contributed by atoms with Gasteiger partial charge in [0.2, 0.25) is 0 Å². The van der Waals surface area contributed by atoms with Crippen LogP contribution in [0.4, 0.5) is 0 Å². The fourth-order valence-electron chi connectivity index (χ4n) is 2.75. The number of amides is 1. The maximum Gasteiger partial charge on any atom is 0.271 e. The van der Waals surface area contributed by atoms with E-state index in [1.165, 1.54) is 12.1 Å². The van der Waals surface area contributed by atoms with Crippen molar-refractivity contribution in [2.45, 2.75) is 20.4 Å².